The van der Waals surface area contributed by atoms with Crippen molar-refractivity contribution in [2.24, 2.45) is 0 Å². The van der Waals surface area contributed by atoms with Gasteiger partial charge in [0, 0.05) is 28.2 Å². The zero-order valence-electron chi connectivity index (χ0n) is 13.9. The van der Waals surface area contributed by atoms with E-state index in [0.29, 0.717) is 0 Å². The normalized spacial score (nSPS) is 11.0. The van der Waals surface area contributed by atoms with Crippen LogP contribution >= 0.6 is 0 Å². The lowest BCUT2D eigenvalue weighted by Crippen LogP contribution is -2.36. The van der Waals surface area contributed by atoms with Gasteiger partial charge in [0.05, 0.1) is 11.4 Å². The van der Waals surface area contributed by atoms with Gasteiger partial charge < -0.3 is 14.5 Å². The summed E-state index contributed by atoms with van der Waals surface area (Å²) in [5, 5.41) is 0. The number of carbonyl (C=O) groups is 2. The molecule has 134 valence electrons. The predicted molar refractivity (Wildman–Crippen MR) is 84.5 cm³/mol. The van der Waals surface area contributed by atoms with Gasteiger partial charge in [-0.25, -0.2) is 17.5 Å². The van der Waals surface area contributed by atoms with Crippen molar-refractivity contribution in [2.45, 2.75) is 4.90 Å². The van der Waals surface area contributed by atoms with Crippen LogP contribution in [0.4, 0.5) is 4.39 Å². The predicted octanol–water partition coefficient (Wildman–Crippen LogP) is -0.341. The highest BCUT2D eigenvalue weighted by Gasteiger charge is 2.19. The monoisotopic (exact) mass is 361 g/mol. The first-order chi connectivity index (χ1) is 11.0. The minimum Gasteiger partial charge on any atom is -0.481 e. The maximum atomic E-state index is 13.9. The fourth-order valence-corrected chi connectivity index (χ4v) is 2.42. The van der Waals surface area contributed by atoms with E-state index >= 15 is 0 Å². The Kier molecular flexibility index (Phi) is 6.67. The molecule has 0 spiro atoms. The van der Waals surface area contributed by atoms with Crippen molar-refractivity contribution < 1.29 is 27.1 Å². The van der Waals surface area contributed by atoms with Gasteiger partial charge in [0.2, 0.25) is 15.9 Å². The lowest BCUT2D eigenvalue weighted by molar-refractivity contribution is -0.131. The molecule has 0 radical (unpaired) electrons. The van der Waals surface area contributed by atoms with Crippen LogP contribution in [0.1, 0.15) is 0 Å². The van der Waals surface area contributed by atoms with Crippen molar-refractivity contribution >= 4 is 21.8 Å². The quantitative estimate of drug-likeness (QED) is 0.717. The van der Waals surface area contributed by atoms with Crippen molar-refractivity contribution in [2.75, 3.05) is 41.3 Å². The van der Waals surface area contributed by atoms with Gasteiger partial charge in [-0.05, 0) is 18.2 Å². The van der Waals surface area contributed by atoms with Gasteiger partial charge in [-0.2, -0.15) is 0 Å². The molecule has 0 aliphatic carbocycles. The van der Waals surface area contributed by atoms with E-state index in [2.05, 4.69) is 4.72 Å². The number of rotatable bonds is 7. The minimum absolute atomic E-state index is 0.242. The zero-order chi connectivity index (χ0) is 18.5. The number of carbonyl (C=O) groups excluding carboxylic acids is 2. The fourth-order valence-electron chi connectivity index (χ4n) is 1.43. The molecule has 1 aromatic rings. The Balaban J connectivity index is 2.82. The van der Waals surface area contributed by atoms with Crippen LogP contribution in [0.5, 0.6) is 5.75 Å². The second-order valence-electron chi connectivity index (χ2n) is 5.28. The zero-order valence-corrected chi connectivity index (χ0v) is 14.7. The fraction of sp³-hybridized carbons (Fsp3) is 0.429. The molecule has 24 heavy (non-hydrogen) atoms. The highest BCUT2D eigenvalue weighted by molar-refractivity contribution is 7.89. The first-order valence-corrected chi connectivity index (χ1v) is 8.35. The summed E-state index contributed by atoms with van der Waals surface area (Å²) in [5.41, 5.74) is 0. The van der Waals surface area contributed by atoms with Gasteiger partial charge >= 0.3 is 0 Å². The van der Waals surface area contributed by atoms with E-state index in [1.54, 1.807) is 0 Å². The number of nitrogens with zero attached hydrogens (tertiary/aromatic N) is 2. The van der Waals surface area contributed by atoms with Crippen LogP contribution in [-0.2, 0) is 19.6 Å². The van der Waals surface area contributed by atoms with E-state index in [4.69, 9.17) is 4.74 Å². The number of likely N-dealkylation sites (N-methyl/N-ethyl adjacent to an activating group) is 2. The largest absolute Gasteiger partial charge is 0.481 e. The summed E-state index contributed by atoms with van der Waals surface area (Å²) in [6.07, 6.45) is 0. The van der Waals surface area contributed by atoms with Crippen molar-refractivity contribution in [1.82, 2.24) is 14.5 Å². The minimum atomic E-state index is -4.04. The van der Waals surface area contributed by atoms with Gasteiger partial charge in [-0.3, -0.25) is 9.59 Å². The molecule has 1 rings (SSSR count). The van der Waals surface area contributed by atoms with Crippen LogP contribution in [0.25, 0.3) is 0 Å². The molecule has 0 aliphatic heterocycles. The molecule has 0 saturated carbocycles. The Morgan fingerprint density at radius 3 is 2.21 bits per heavy atom. The number of benzene rings is 1. The first-order valence-electron chi connectivity index (χ1n) is 6.87. The Morgan fingerprint density at radius 1 is 1.12 bits per heavy atom. The summed E-state index contributed by atoms with van der Waals surface area (Å²) >= 11 is 0. The lowest BCUT2D eigenvalue weighted by Gasteiger charge is -2.13. The van der Waals surface area contributed by atoms with Crippen LogP contribution < -0.4 is 9.46 Å². The molecule has 2 amide bonds. The van der Waals surface area contributed by atoms with E-state index in [1.807, 2.05) is 0 Å². The number of sulfonamides is 1. The highest BCUT2D eigenvalue weighted by atomic mass is 32.2. The van der Waals surface area contributed by atoms with Gasteiger partial charge in [0.15, 0.2) is 18.2 Å². The average Bonchev–Trinajstić information content (AvgIpc) is 2.50. The molecule has 0 saturated heterocycles. The first kappa shape index (κ1) is 19.8. The summed E-state index contributed by atoms with van der Waals surface area (Å²) in [7, 11) is 1.98. The van der Waals surface area contributed by atoms with E-state index in [-0.39, 0.29) is 23.2 Å². The van der Waals surface area contributed by atoms with Crippen LogP contribution in [0.3, 0.4) is 0 Å². The number of halogens is 1. The highest BCUT2D eigenvalue weighted by Crippen LogP contribution is 2.21. The molecule has 0 unspecified atom stereocenters. The van der Waals surface area contributed by atoms with Crippen LogP contribution in [-0.4, -0.2) is 71.4 Å². The molecule has 0 aromatic heterocycles. The van der Waals surface area contributed by atoms with E-state index in [9.17, 15) is 22.4 Å². The number of hydrogen-bond donors (Lipinski definition) is 1. The third-order valence-electron chi connectivity index (χ3n) is 2.98. The van der Waals surface area contributed by atoms with Crippen LogP contribution in [0.2, 0.25) is 0 Å². The summed E-state index contributed by atoms with van der Waals surface area (Å²) in [5.74, 6) is -1.98. The SMILES string of the molecule is CN(C)C(=O)CNS(=O)(=O)c1ccc(OCC(=O)N(C)C)c(F)c1. The second-order valence-corrected chi connectivity index (χ2v) is 7.05. The molecule has 0 fully saturated rings. The number of amides is 2. The van der Waals surface area contributed by atoms with Crippen molar-refractivity contribution in [3.05, 3.63) is 24.0 Å². The molecule has 10 heteroatoms. The number of ether oxygens (including phenoxy) is 1. The standard InChI is InChI=1S/C14H20FN3O5S/c1-17(2)13(19)8-16-24(21,22)10-5-6-12(11(15)7-10)23-9-14(20)18(3)4/h5-7,16H,8-9H2,1-4H3. The molecule has 0 atom stereocenters. The Hall–Kier alpha value is -2.20. The molecular formula is C14H20FN3O5S. The third kappa shape index (κ3) is 5.46. The summed E-state index contributed by atoms with van der Waals surface area (Å²) in [4.78, 5) is 25.0. The summed E-state index contributed by atoms with van der Waals surface area (Å²) in [6, 6.07) is 3.00. The number of nitrogens with one attached hydrogen (secondary N) is 1. The van der Waals surface area contributed by atoms with Crippen molar-refractivity contribution in [3.8, 4) is 5.75 Å². The Labute approximate surface area is 140 Å². The molecule has 1 aromatic carbocycles. The van der Waals surface area contributed by atoms with Crippen LogP contribution in [0.15, 0.2) is 23.1 Å². The summed E-state index contributed by atoms with van der Waals surface area (Å²) in [6.45, 7) is -0.807. The molecule has 0 aliphatic rings. The topological polar surface area (TPSA) is 96.0 Å². The smallest absolute Gasteiger partial charge is 0.259 e. The molecular weight excluding hydrogens is 341 g/mol. The Bertz CT molecular complexity index is 719. The lowest BCUT2D eigenvalue weighted by atomic mass is 10.3. The van der Waals surface area contributed by atoms with E-state index < -0.39 is 28.3 Å². The average molecular weight is 361 g/mol. The Morgan fingerprint density at radius 2 is 1.71 bits per heavy atom. The maximum Gasteiger partial charge on any atom is 0.259 e. The van der Waals surface area contributed by atoms with Gasteiger partial charge in [0.1, 0.15) is 0 Å². The second kappa shape index (κ2) is 8.06. The maximum absolute atomic E-state index is 13.9. The van der Waals surface area contributed by atoms with Gasteiger partial charge in [0.25, 0.3) is 5.91 Å². The third-order valence-corrected chi connectivity index (χ3v) is 4.37. The molecule has 8 nitrogen and oxygen atoms in total. The molecule has 0 heterocycles. The van der Waals surface area contributed by atoms with Gasteiger partial charge in [-0.15, -0.1) is 0 Å². The van der Waals surface area contributed by atoms with Gasteiger partial charge in [-0.1, -0.05) is 0 Å². The molecule has 0 bridgehead atoms. The summed E-state index contributed by atoms with van der Waals surface area (Å²) < 4.78 is 45.1. The van der Waals surface area contributed by atoms with Crippen LogP contribution in [0, 0.1) is 5.82 Å². The van der Waals surface area contributed by atoms with Crippen molar-refractivity contribution in [3.63, 3.8) is 0 Å². The van der Waals surface area contributed by atoms with Crippen molar-refractivity contribution in [1.29, 1.82) is 0 Å². The van der Waals surface area contributed by atoms with E-state index in [0.717, 1.165) is 18.2 Å². The van der Waals surface area contributed by atoms with E-state index in [1.165, 1.54) is 38.0 Å². The number of hydrogen-bond acceptors (Lipinski definition) is 5. The molecule has 1 N–H and O–H groups in total.